The molecule has 0 aliphatic heterocycles. The van der Waals surface area contributed by atoms with Crippen molar-refractivity contribution in [2.24, 2.45) is 12.2 Å². The second kappa shape index (κ2) is 11.7. The molecule has 0 spiro atoms. The number of rotatable bonds is 12. The molecule has 1 aromatic heterocycles. The number of ether oxygens (including phenoxy) is 2. The van der Waals surface area contributed by atoms with Crippen LogP contribution in [0.1, 0.15) is 36.9 Å². The number of hydrogen-bond acceptors (Lipinski definition) is 5. The summed E-state index contributed by atoms with van der Waals surface area (Å²) in [7, 11) is 1.85. The van der Waals surface area contributed by atoms with Crippen LogP contribution in [0.2, 0.25) is 0 Å². The van der Waals surface area contributed by atoms with Crippen LogP contribution in [0.5, 0.6) is 17.4 Å². The van der Waals surface area contributed by atoms with Crippen molar-refractivity contribution in [2.45, 2.75) is 32.6 Å². The van der Waals surface area contributed by atoms with E-state index in [9.17, 15) is 0 Å². The molecule has 0 aliphatic rings. The van der Waals surface area contributed by atoms with Gasteiger partial charge in [0.1, 0.15) is 18.1 Å². The highest BCUT2D eigenvalue weighted by molar-refractivity contribution is 5.84. The van der Waals surface area contributed by atoms with E-state index < -0.39 is 0 Å². The summed E-state index contributed by atoms with van der Waals surface area (Å²) in [5.41, 5.74) is 1.66. The Morgan fingerprint density at radius 3 is 2.20 bits per heavy atom. The van der Waals surface area contributed by atoms with Crippen LogP contribution in [0.3, 0.4) is 0 Å². The van der Waals surface area contributed by atoms with E-state index in [1.165, 1.54) is 0 Å². The fourth-order valence-corrected chi connectivity index (χ4v) is 2.99. The zero-order valence-electron chi connectivity index (χ0n) is 17.7. The second-order valence-electron chi connectivity index (χ2n) is 6.99. The topological polar surface area (TPSA) is 57.9 Å². The molecule has 0 radical (unpaired) electrons. The minimum atomic E-state index is 0.588. The van der Waals surface area contributed by atoms with Gasteiger partial charge in [0.25, 0.3) is 0 Å². The molecule has 0 amide bonds. The van der Waals surface area contributed by atoms with Crippen LogP contribution in [0, 0.1) is 6.92 Å². The zero-order valence-corrected chi connectivity index (χ0v) is 17.7. The quantitative estimate of drug-likeness (QED) is 0.226. The Labute approximate surface area is 178 Å². The molecule has 3 aromatic rings. The molecule has 6 nitrogen and oxygen atoms in total. The van der Waals surface area contributed by atoms with Gasteiger partial charge in [-0.05, 0) is 56.9 Å². The van der Waals surface area contributed by atoms with E-state index in [-0.39, 0.29) is 0 Å². The van der Waals surface area contributed by atoms with Gasteiger partial charge in [-0.25, -0.2) is 4.68 Å². The highest BCUT2D eigenvalue weighted by Gasteiger charge is 2.14. The normalized spacial score (nSPS) is 11.0. The lowest BCUT2D eigenvalue weighted by Crippen LogP contribution is -1.98. The molecule has 0 atom stereocenters. The lowest BCUT2D eigenvalue weighted by molar-refractivity contribution is 0.140. The number of hydrogen-bond donors (Lipinski definition) is 0. The van der Waals surface area contributed by atoms with Crippen molar-refractivity contribution < 1.29 is 14.3 Å². The Kier molecular flexibility index (Phi) is 8.33. The minimum absolute atomic E-state index is 0.588. The van der Waals surface area contributed by atoms with Crippen LogP contribution in [0.15, 0.2) is 65.8 Å². The maximum atomic E-state index is 5.97. The van der Waals surface area contributed by atoms with Gasteiger partial charge in [0, 0.05) is 7.05 Å². The predicted octanol–water partition coefficient (Wildman–Crippen LogP) is 5.51. The summed E-state index contributed by atoms with van der Waals surface area (Å²) in [4.78, 5) is 5.43. The third-order valence-corrected chi connectivity index (χ3v) is 4.57. The summed E-state index contributed by atoms with van der Waals surface area (Å²) in [6, 6.07) is 19.5. The Balaban J connectivity index is 1.34. The molecule has 0 bridgehead atoms. The molecule has 0 unspecified atom stereocenters. The third-order valence-electron chi connectivity index (χ3n) is 4.57. The molecule has 6 heteroatoms. The summed E-state index contributed by atoms with van der Waals surface area (Å²) in [6.45, 7) is 3.26. The smallest absolute Gasteiger partial charge is 0.226 e. The fourth-order valence-electron chi connectivity index (χ4n) is 2.99. The first-order valence-corrected chi connectivity index (χ1v) is 10.3. The van der Waals surface area contributed by atoms with E-state index in [2.05, 4.69) is 10.3 Å². The van der Waals surface area contributed by atoms with Gasteiger partial charge in [-0.15, -0.1) is 0 Å². The van der Waals surface area contributed by atoms with Gasteiger partial charge in [-0.2, -0.15) is 5.10 Å². The van der Waals surface area contributed by atoms with Crippen LogP contribution in [0.4, 0.5) is 0 Å². The van der Waals surface area contributed by atoms with Crippen LogP contribution >= 0.6 is 0 Å². The number of benzene rings is 2. The van der Waals surface area contributed by atoms with E-state index in [0.29, 0.717) is 12.5 Å². The minimum Gasteiger partial charge on any atom is -0.494 e. The molecule has 1 heterocycles. The summed E-state index contributed by atoms with van der Waals surface area (Å²) in [6.07, 6.45) is 5.86. The number of oxime groups is 1. The van der Waals surface area contributed by atoms with Crippen LogP contribution in [0.25, 0.3) is 0 Å². The van der Waals surface area contributed by atoms with Crippen molar-refractivity contribution in [3.05, 3.63) is 71.9 Å². The second-order valence-corrected chi connectivity index (χ2v) is 6.99. The molecule has 3 rings (SSSR count). The van der Waals surface area contributed by atoms with Gasteiger partial charge < -0.3 is 14.3 Å². The third kappa shape index (κ3) is 6.65. The Hall–Kier alpha value is -3.28. The predicted molar refractivity (Wildman–Crippen MR) is 118 cm³/mol. The number of aryl methyl sites for hydroxylation is 2. The van der Waals surface area contributed by atoms with Crippen molar-refractivity contribution in [2.75, 3.05) is 13.2 Å². The maximum Gasteiger partial charge on any atom is 0.226 e. The molecule has 0 N–H and O–H groups in total. The lowest BCUT2D eigenvalue weighted by atomic mass is 10.2. The molecule has 2 aromatic carbocycles. The van der Waals surface area contributed by atoms with E-state index in [1.54, 1.807) is 10.9 Å². The van der Waals surface area contributed by atoms with E-state index >= 15 is 0 Å². The number of nitrogens with zero attached hydrogens (tertiary/aromatic N) is 3. The molecule has 30 heavy (non-hydrogen) atoms. The van der Waals surface area contributed by atoms with E-state index in [0.717, 1.165) is 55.0 Å². The molecule has 158 valence electrons. The Morgan fingerprint density at radius 1 is 0.867 bits per heavy atom. The van der Waals surface area contributed by atoms with Crippen LogP contribution < -0.4 is 9.47 Å². The maximum absolute atomic E-state index is 5.97. The van der Waals surface area contributed by atoms with E-state index in [1.807, 2.05) is 74.6 Å². The lowest BCUT2D eigenvalue weighted by Gasteiger charge is -2.06. The Bertz CT molecular complexity index is 908. The molecular weight excluding hydrogens is 378 g/mol. The highest BCUT2D eigenvalue weighted by atomic mass is 16.6. The van der Waals surface area contributed by atoms with Crippen molar-refractivity contribution >= 4 is 6.21 Å². The molecule has 0 saturated heterocycles. The summed E-state index contributed by atoms with van der Waals surface area (Å²) in [5, 5.41) is 8.53. The number of aromatic nitrogens is 2. The average Bonchev–Trinajstić information content (AvgIpc) is 3.03. The van der Waals surface area contributed by atoms with Crippen LogP contribution in [-0.2, 0) is 11.9 Å². The summed E-state index contributed by atoms with van der Waals surface area (Å²) >= 11 is 0. The van der Waals surface area contributed by atoms with E-state index in [4.69, 9.17) is 14.3 Å². The standard InChI is InChI=1S/C24H29N3O3/c1-20-23(24(27(2)26-20)30-22-15-9-6-10-16-22)19-25-29-18-12-4-3-11-17-28-21-13-7-5-8-14-21/h5-10,13-16,19H,3-4,11-12,17-18H2,1-2H3. The van der Waals surface area contributed by atoms with Gasteiger partial charge in [-0.3, -0.25) is 0 Å². The van der Waals surface area contributed by atoms with Crippen LogP contribution in [-0.4, -0.2) is 29.2 Å². The van der Waals surface area contributed by atoms with Crippen molar-refractivity contribution in [1.29, 1.82) is 0 Å². The highest BCUT2D eigenvalue weighted by Crippen LogP contribution is 2.25. The molecule has 0 fully saturated rings. The van der Waals surface area contributed by atoms with Crippen molar-refractivity contribution in [1.82, 2.24) is 9.78 Å². The number of para-hydroxylation sites is 2. The first-order chi connectivity index (χ1) is 14.7. The van der Waals surface area contributed by atoms with Crippen molar-refractivity contribution in [3.8, 4) is 17.4 Å². The first-order valence-electron chi connectivity index (χ1n) is 10.3. The first kappa shape index (κ1) is 21.4. The summed E-state index contributed by atoms with van der Waals surface area (Å²) < 4.78 is 13.4. The van der Waals surface area contributed by atoms with Gasteiger partial charge >= 0.3 is 0 Å². The fraction of sp³-hybridized carbons (Fsp3) is 0.333. The van der Waals surface area contributed by atoms with Gasteiger partial charge in [0.15, 0.2) is 0 Å². The monoisotopic (exact) mass is 407 g/mol. The average molecular weight is 408 g/mol. The van der Waals surface area contributed by atoms with Gasteiger partial charge in [0.2, 0.25) is 5.88 Å². The summed E-state index contributed by atoms with van der Waals surface area (Å²) in [5.74, 6) is 2.33. The number of unbranched alkanes of at least 4 members (excludes halogenated alkanes) is 3. The Morgan fingerprint density at radius 2 is 1.50 bits per heavy atom. The van der Waals surface area contributed by atoms with Gasteiger partial charge in [0.05, 0.1) is 24.1 Å². The molecular formula is C24H29N3O3. The van der Waals surface area contributed by atoms with Crippen molar-refractivity contribution in [3.63, 3.8) is 0 Å². The largest absolute Gasteiger partial charge is 0.494 e. The molecule has 0 aliphatic carbocycles. The SMILES string of the molecule is Cc1nn(C)c(Oc2ccccc2)c1C=NOCCCCCCOc1ccccc1. The molecule has 0 saturated carbocycles. The zero-order chi connectivity index (χ0) is 21.0. The van der Waals surface area contributed by atoms with Gasteiger partial charge in [-0.1, -0.05) is 41.6 Å².